The first-order valence-electron chi connectivity index (χ1n) is 5.95. The minimum absolute atomic E-state index is 0.157. The summed E-state index contributed by atoms with van der Waals surface area (Å²) in [5.41, 5.74) is -1.63. The number of nitro groups is 1. The first-order valence-corrected chi connectivity index (χ1v) is 5.95. The lowest BCUT2D eigenvalue weighted by molar-refractivity contribution is -0.387. The molecule has 20 heavy (non-hydrogen) atoms. The number of carbonyl (C=O) groups excluding carboxylic acids is 1. The third-order valence-corrected chi connectivity index (χ3v) is 2.78. The number of halogens is 2. The third-order valence-electron chi connectivity index (χ3n) is 2.78. The lowest BCUT2D eigenvalue weighted by atomic mass is 10.1. The highest BCUT2D eigenvalue weighted by Gasteiger charge is 2.23. The molecule has 0 fully saturated rings. The van der Waals surface area contributed by atoms with Crippen molar-refractivity contribution in [1.29, 1.82) is 0 Å². The molecule has 0 saturated carbocycles. The molecule has 0 saturated heterocycles. The molecule has 1 atom stereocenters. The summed E-state index contributed by atoms with van der Waals surface area (Å²) in [6.45, 7) is 1.60. The standard InChI is InChI=1S/C12H14F2N2O4/c1-2-7(3-4-17)15-12(18)8-5-10(14)11(16(19)20)6-9(8)13/h5-7,17H,2-4H2,1H3,(H,15,18). The number of rotatable bonds is 6. The summed E-state index contributed by atoms with van der Waals surface area (Å²) < 4.78 is 27.0. The first-order chi connectivity index (χ1) is 9.40. The zero-order chi connectivity index (χ0) is 15.3. The zero-order valence-electron chi connectivity index (χ0n) is 10.7. The first kappa shape index (κ1) is 16.0. The second kappa shape index (κ2) is 6.90. The molecule has 1 aromatic rings. The number of nitrogens with one attached hydrogen (secondary N) is 1. The Morgan fingerprint density at radius 3 is 2.60 bits per heavy atom. The predicted molar refractivity (Wildman–Crippen MR) is 66.3 cm³/mol. The molecule has 0 aliphatic heterocycles. The van der Waals surface area contributed by atoms with Crippen LogP contribution in [0.5, 0.6) is 0 Å². The second-order valence-corrected chi connectivity index (χ2v) is 4.13. The Balaban J connectivity index is 2.99. The van der Waals surface area contributed by atoms with E-state index in [-0.39, 0.29) is 19.1 Å². The van der Waals surface area contributed by atoms with Gasteiger partial charge in [0.25, 0.3) is 5.91 Å². The van der Waals surface area contributed by atoms with Gasteiger partial charge in [0.05, 0.1) is 16.6 Å². The second-order valence-electron chi connectivity index (χ2n) is 4.13. The van der Waals surface area contributed by atoms with Gasteiger partial charge in [0, 0.05) is 12.6 Å². The largest absolute Gasteiger partial charge is 0.396 e. The van der Waals surface area contributed by atoms with Crippen molar-refractivity contribution >= 4 is 11.6 Å². The highest BCUT2D eigenvalue weighted by Crippen LogP contribution is 2.21. The molecule has 6 nitrogen and oxygen atoms in total. The molecule has 0 spiro atoms. The Morgan fingerprint density at radius 1 is 1.45 bits per heavy atom. The van der Waals surface area contributed by atoms with Crippen LogP contribution in [0.25, 0.3) is 0 Å². The smallest absolute Gasteiger partial charge is 0.307 e. The van der Waals surface area contributed by atoms with Crippen LogP contribution in [0.2, 0.25) is 0 Å². The average molecular weight is 288 g/mol. The number of benzene rings is 1. The van der Waals surface area contributed by atoms with E-state index >= 15 is 0 Å². The van der Waals surface area contributed by atoms with Gasteiger partial charge in [0.2, 0.25) is 5.82 Å². The van der Waals surface area contributed by atoms with Crippen LogP contribution < -0.4 is 5.32 Å². The molecule has 2 N–H and O–H groups in total. The Kier molecular flexibility index (Phi) is 5.51. The molecular formula is C12H14F2N2O4. The molecule has 0 aromatic heterocycles. The van der Waals surface area contributed by atoms with E-state index in [4.69, 9.17) is 5.11 Å². The Labute approximate surface area is 113 Å². The molecule has 8 heteroatoms. The molecular weight excluding hydrogens is 274 g/mol. The molecule has 0 radical (unpaired) electrons. The Hall–Kier alpha value is -2.09. The van der Waals surface area contributed by atoms with Gasteiger partial charge in [-0.2, -0.15) is 4.39 Å². The van der Waals surface area contributed by atoms with Crippen molar-refractivity contribution in [3.05, 3.63) is 39.4 Å². The Bertz CT molecular complexity index is 522. The van der Waals surface area contributed by atoms with E-state index in [0.717, 1.165) is 0 Å². The van der Waals surface area contributed by atoms with Crippen molar-refractivity contribution in [2.24, 2.45) is 0 Å². The number of aliphatic hydroxyl groups is 1. The minimum atomic E-state index is -1.28. The normalized spacial score (nSPS) is 12.0. The lowest BCUT2D eigenvalue weighted by Crippen LogP contribution is -2.35. The van der Waals surface area contributed by atoms with Crippen LogP contribution in [0.3, 0.4) is 0 Å². The van der Waals surface area contributed by atoms with Gasteiger partial charge >= 0.3 is 5.69 Å². The maximum atomic E-state index is 13.6. The fourth-order valence-corrected chi connectivity index (χ4v) is 1.65. The fraction of sp³-hybridized carbons (Fsp3) is 0.417. The van der Waals surface area contributed by atoms with Crippen LogP contribution in [-0.4, -0.2) is 28.6 Å². The third kappa shape index (κ3) is 3.70. The molecule has 0 bridgehead atoms. The van der Waals surface area contributed by atoms with E-state index in [0.29, 0.717) is 18.6 Å². The predicted octanol–water partition coefficient (Wildman–Crippen LogP) is 1.76. The molecule has 1 aromatic carbocycles. The van der Waals surface area contributed by atoms with Crippen molar-refractivity contribution in [2.75, 3.05) is 6.61 Å². The number of amides is 1. The summed E-state index contributed by atoms with van der Waals surface area (Å²) in [7, 11) is 0. The van der Waals surface area contributed by atoms with Gasteiger partial charge in [-0.3, -0.25) is 14.9 Å². The molecule has 1 rings (SSSR count). The maximum absolute atomic E-state index is 13.6. The van der Waals surface area contributed by atoms with Crippen molar-refractivity contribution in [1.82, 2.24) is 5.32 Å². The van der Waals surface area contributed by atoms with Crippen LogP contribution in [0.15, 0.2) is 12.1 Å². The number of nitro benzene ring substituents is 1. The van der Waals surface area contributed by atoms with E-state index in [1.165, 1.54) is 0 Å². The quantitative estimate of drug-likeness (QED) is 0.616. The van der Waals surface area contributed by atoms with Crippen LogP contribution in [-0.2, 0) is 0 Å². The van der Waals surface area contributed by atoms with Gasteiger partial charge in [-0.1, -0.05) is 6.92 Å². The lowest BCUT2D eigenvalue weighted by Gasteiger charge is -2.15. The maximum Gasteiger partial charge on any atom is 0.307 e. The summed E-state index contributed by atoms with van der Waals surface area (Å²) in [6.07, 6.45) is 0.780. The van der Waals surface area contributed by atoms with Crippen LogP contribution in [0, 0.1) is 21.7 Å². The minimum Gasteiger partial charge on any atom is -0.396 e. The summed E-state index contributed by atoms with van der Waals surface area (Å²) in [5, 5.41) is 21.6. The SMILES string of the molecule is CCC(CCO)NC(=O)c1cc(F)c([N+](=O)[O-])cc1F. The molecule has 1 amide bonds. The number of hydrogen-bond donors (Lipinski definition) is 2. The van der Waals surface area contributed by atoms with Crippen molar-refractivity contribution in [2.45, 2.75) is 25.8 Å². The monoisotopic (exact) mass is 288 g/mol. The summed E-state index contributed by atoms with van der Waals surface area (Å²) in [5.74, 6) is -3.33. The van der Waals surface area contributed by atoms with Gasteiger partial charge in [-0.15, -0.1) is 0 Å². The molecule has 0 aliphatic carbocycles. The molecule has 0 heterocycles. The average Bonchev–Trinajstić information content (AvgIpc) is 2.39. The van der Waals surface area contributed by atoms with E-state index < -0.39 is 33.7 Å². The fourth-order valence-electron chi connectivity index (χ4n) is 1.65. The number of aliphatic hydroxyl groups excluding tert-OH is 1. The number of nitrogens with zero attached hydrogens (tertiary/aromatic N) is 1. The van der Waals surface area contributed by atoms with Gasteiger partial charge < -0.3 is 10.4 Å². The number of carbonyl (C=O) groups is 1. The van der Waals surface area contributed by atoms with Crippen molar-refractivity contribution < 1.29 is 23.6 Å². The topological polar surface area (TPSA) is 92.5 Å². The molecule has 110 valence electrons. The highest BCUT2D eigenvalue weighted by atomic mass is 19.1. The molecule has 0 aliphatic rings. The zero-order valence-corrected chi connectivity index (χ0v) is 10.7. The Morgan fingerprint density at radius 2 is 2.10 bits per heavy atom. The van der Waals surface area contributed by atoms with E-state index in [9.17, 15) is 23.7 Å². The summed E-state index contributed by atoms with van der Waals surface area (Å²) in [4.78, 5) is 21.1. The number of hydrogen-bond acceptors (Lipinski definition) is 4. The van der Waals surface area contributed by atoms with E-state index in [2.05, 4.69) is 5.32 Å². The van der Waals surface area contributed by atoms with Gasteiger partial charge in [0.1, 0.15) is 5.82 Å². The van der Waals surface area contributed by atoms with Crippen LogP contribution in [0.4, 0.5) is 14.5 Å². The van der Waals surface area contributed by atoms with Crippen LogP contribution in [0.1, 0.15) is 30.1 Å². The summed E-state index contributed by atoms with van der Waals surface area (Å²) in [6, 6.07) is 0.483. The van der Waals surface area contributed by atoms with Gasteiger partial charge in [-0.05, 0) is 18.9 Å². The van der Waals surface area contributed by atoms with Gasteiger partial charge in [0.15, 0.2) is 0 Å². The van der Waals surface area contributed by atoms with Crippen molar-refractivity contribution in [3.8, 4) is 0 Å². The van der Waals surface area contributed by atoms with Gasteiger partial charge in [-0.25, -0.2) is 4.39 Å². The summed E-state index contributed by atoms with van der Waals surface area (Å²) >= 11 is 0. The van der Waals surface area contributed by atoms with E-state index in [1.54, 1.807) is 6.92 Å². The van der Waals surface area contributed by atoms with E-state index in [1.807, 2.05) is 0 Å². The highest BCUT2D eigenvalue weighted by molar-refractivity contribution is 5.95. The van der Waals surface area contributed by atoms with Crippen molar-refractivity contribution in [3.63, 3.8) is 0 Å². The van der Waals surface area contributed by atoms with Crippen LogP contribution >= 0.6 is 0 Å². The molecule has 1 unspecified atom stereocenters.